The Balaban J connectivity index is 1.60. The number of hydrogen-bond acceptors (Lipinski definition) is 3. The van der Waals surface area contributed by atoms with E-state index >= 15 is 0 Å². The molecule has 94 valence electrons. The number of ether oxygens (including phenoxy) is 2. The lowest BCUT2D eigenvalue weighted by atomic mass is 10.3. The molecule has 0 aromatic heterocycles. The summed E-state index contributed by atoms with van der Waals surface area (Å²) < 4.78 is 11.0. The van der Waals surface area contributed by atoms with Gasteiger partial charge in [-0.05, 0) is 57.0 Å². The van der Waals surface area contributed by atoms with Gasteiger partial charge >= 0.3 is 0 Å². The second-order valence-electron chi connectivity index (χ2n) is 4.33. The molecule has 1 fully saturated rings. The van der Waals surface area contributed by atoms with Crippen LogP contribution in [0, 0.1) is 0 Å². The van der Waals surface area contributed by atoms with Crippen LogP contribution in [0.1, 0.15) is 26.2 Å². The Labute approximate surface area is 103 Å². The summed E-state index contributed by atoms with van der Waals surface area (Å²) in [5, 5.41) is 3.47. The van der Waals surface area contributed by atoms with Crippen LogP contribution in [-0.4, -0.2) is 25.8 Å². The Hall–Kier alpha value is -1.22. The highest BCUT2D eigenvalue weighted by Gasteiger charge is 2.19. The van der Waals surface area contributed by atoms with Crippen molar-refractivity contribution >= 4 is 0 Å². The van der Waals surface area contributed by atoms with Gasteiger partial charge < -0.3 is 14.8 Å². The van der Waals surface area contributed by atoms with Crippen molar-refractivity contribution in [1.82, 2.24) is 5.32 Å². The maximum Gasteiger partial charge on any atom is 0.119 e. The van der Waals surface area contributed by atoms with Gasteiger partial charge in [0.25, 0.3) is 0 Å². The number of rotatable bonds is 8. The predicted octanol–water partition coefficient (Wildman–Crippen LogP) is 2.61. The maximum atomic E-state index is 5.65. The SMILES string of the molecule is CCOc1ccc(OCCCNC2CC2)cc1. The lowest BCUT2D eigenvalue weighted by Gasteiger charge is -2.08. The van der Waals surface area contributed by atoms with Gasteiger partial charge in [-0.1, -0.05) is 0 Å². The Morgan fingerprint density at radius 1 is 1.12 bits per heavy atom. The molecular formula is C14H21NO2. The molecule has 1 saturated carbocycles. The fraction of sp³-hybridized carbons (Fsp3) is 0.571. The highest BCUT2D eigenvalue weighted by atomic mass is 16.5. The summed E-state index contributed by atoms with van der Waals surface area (Å²) in [7, 11) is 0. The lowest BCUT2D eigenvalue weighted by molar-refractivity contribution is 0.306. The average Bonchev–Trinajstić information content (AvgIpc) is 3.15. The minimum atomic E-state index is 0.701. The molecule has 1 N–H and O–H groups in total. The van der Waals surface area contributed by atoms with Crippen molar-refractivity contribution < 1.29 is 9.47 Å². The molecule has 0 atom stereocenters. The van der Waals surface area contributed by atoms with Gasteiger partial charge in [0.05, 0.1) is 13.2 Å². The zero-order chi connectivity index (χ0) is 11.9. The molecule has 0 amide bonds. The standard InChI is InChI=1S/C14H21NO2/c1-2-16-13-6-8-14(9-7-13)17-11-3-10-15-12-4-5-12/h6-9,12,15H,2-5,10-11H2,1H3. The molecule has 1 aliphatic carbocycles. The van der Waals surface area contributed by atoms with Crippen LogP contribution >= 0.6 is 0 Å². The van der Waals surface area contributed by atoms with E-state index in [4.69, 9.17) is 9.47 Å². The molecule has 1 aromatic rings. The van der Waals surface area contributed by atoms with Crippen LogP contribution in [0.4, 0.5) is 0 Å². The summed E-state index contributed by atoms with van der Waals surface area (Å²) in [6.07, 6.45) is 3.75. The molecule has 3 heteroatoms. The topological polar surface area (TPSA) is 30.5 Å². The van der Waals surface area contributed by atoms with Gasteiger partial charge in [0, 0.05) is 6.04 Å². The third kappa shape index (κ3) is 4.65. The van der Waals surface area contributed by atoms with E-state index in [9.17, 15) is 0 Å². The van der Waals surface area contributed by atoms with Gasteiger partial charge in [-0.2, -0.15) is 0 Å². The second-order valence-corrected chi connectivity index (χ2v) is 4.33. The molecule has 17 heavy (non-hydrogen) atoms. The van der Waals surface area contributed by atoms with Gasteiger partial charge in [0.2, 0.25) is 0 Å². The van der Waals surface area contributed by atoms with Crippen LogP contribution in [0.2, 0.25) is 0 Å². The molecular weight excluding hydrogens is 214 g/mol. The molecule has 3 nitrogen and oxygen atoms in total. The molecule has 0 bridgehead atoms. The quantitative estimate of drug-likeness (QED) is 0.703. The summed E-state index contributed by atoms with van der Waals surface area (Å²) in [5.74, 6) is 1.81. The first-order valence-corrected chi connectivity index (χ1v) is 6.47. The molecule has 1 aromatic carbocycles. The van der Waals surface area contributed by atoms with Crippen LogP contribution < -0.4 is 14.8 Å². The van der Waals surface area contributed by atoms with Crippen LogP contribution in [-0.2, 0) is 0 Å². The van der Waals surface area contributed by atoms with Crippen molar-refractivity contribution in [3.8, 4) is 11.5 Å². The number of nitrogens with one attached hydrogen (secondary N) is 1. The Kier molecular flexibility index (Phi) is 4.68. The first-order valence-electron chi connectivity index (χ1n) is 6.47. The summed E-state index contributed by atoms with van der Waals surface area (Å²) >= 11 is 0. The van der Waals surface area contributed by atoms with E-state index in [0.717, 1.165) is 37.1 Å². The number of benzene rings is 1. The molecule has 0 saturated heterocycles. The van der Waals surface area contributed by atoms with Crippen molar-refractivity contribution in [2.45, 2.75) is 32.2 Å². The van der Waals surface area contributed by atoms with Crippen molar-refractivity contribution in [1.29, 1.82) is 0 Å². The molecule has 2 rings (SSSR count). The van der Waals surface area contributed by atoms with Crippen LogP contribution in [0.15, 0.2) is 24.3 Å². The summed E-state index contributed by atoms with van der Waals surface area (Å²) in [5.41, 5.74) is 0. The van der Waals surface area contributed by atoms with E-state index in [-0.39, 0.29) is 0 Å². The van der Waals surface area contributed by atoms with Crippen molar-refractivity contribution in [3.63, 3.8) is 0 Å². The van der Waals surface area contributed by atoms with Crippen molar-refractivity contribution in [2.75, 3.05) is 19.8 Å². The molecule has 0 unspecified atom stereocenters. The maximum absolute atomic E-state index is 5.65. The molecule has 0 spiro atoms. The molecule has 0 heterocycles. The molecule has 1 aliphatic rings. The third-order valence-corrected chi connectivity index (χ3v) is 2.73. The van der Waals surface area contributed by atoms with Crippen molar-refractivity contribution in [2.24, 2.45) is 0 Å². The van der Waals surface area contributed by atoms with Gasteiger partial charge in [0.1, 0.15) is 11.5 Å². The monoisotopic (exact) mass is 235 g/mol. The zero-order valence-electron chi connectivity index (χ0n) is 10.4. The molecule has 0 aliphatic heterocycles. The minimum absolute atomic E-state index is 0.701. The van der Waals surface area contributed by atoms with Crippen LogP contribution in [0.5, 0.6) is 11.5 Å². The number of hydrogen-bond donors (Lipinski definition) is 1. The fourth-order valence-electron chi connectivity index (χ4n) is 1.65. The summed E-state index contributed by atoms with van der Waals surface area (Å²) in [6.45, 7) is 4.51. The average molecular weight is 235 g/mol. The predicted molar refractivity (Wildman–Crippen MR) is 68.7 cm³/mol. The van der Waals surface area contributed by atoms with Gasteiger partial charge in [-0.3, -0.25) is 0 Å². The van der Waals surface area contributed by atoms with E-state index in [1.54, 1.807) is 0 Å². The van der Waals surface area contributed by atoms with Gasteiger partial charge in [0.15, 0.2) is 0 Å². The minimum Gasteiger partial charge on any atom is -0.494 e. The Morgan fingerprint density at radius 3 is 2.35 bits per heavy atom. The summed E-state index contributed by atoms with van der Waals surface area (Å²) in [6, 6.07) is 8.60. The van der Waals surface area contributed by atoms with Crippen molar-refractivity contribution in [3.05, 3.63) is 24.3 Å². The second kappa shape index (κ2) is 6.50. The summed E-state index contributed by atoms with van der Waals surface area (Å²) in [4.78, 5) is 0. The Morgan fingerprint density at radius 2 is 1.76 bits per heavy atom. The first-order chi connectivity index (χ1) is 8.38. The van der Waals surface area contributed by atoms with Crippen LogP contribution in [0.3, 0.4) is 0 Å². The first kappa shape index (κ1) is 12.2. The van der Waals surface area contributed by atoms with Gasteiger partial charge in [-0.15, -0.1) is 0 Å². The lowest BCUT2D eigenvalue weighted by Crippen LogP contribution is -2.19. The van der Waals surface area contributed by atoms with E-state index in [0.29, 0.717) is 6.61 Å². The highest BCUT2D eigenvalue weighted by Crippen LogP contribution is 2.19. The fourth-order valence-corrected chi connectivity index (χ4v) is 1.65. The third-order valence-electron chi connectivity index (χ3n) is 2.73. The Bertz CT molecular complexity index is 319. The van der Waals surface area contributed by atoms with E-state index in [1.807, 2.05) is 31.2 Å². The smallest absolute Gasteiger partial charge is 0.119 e. The van der Waals surface area contributed by atoms with E-state index in [1.165, 1.54) is 12.8 Å². The van der Waals surface area contributed by atoms with E-state index < -0.39 is 0 Å². The van der Waals surface area contributed by atoms with E-state index in [2.05, 4.69) is 5.32 Å². The van der Waals surface area contributed by atoms with Crippen LogP contribution in [0.25, 0.3) is 0 Å². The normalized spacial score (nSPS) is 14.6. The zero-order valence-corrected chi connectivity index (χ0v) is 10.4. The molecule has 0 radical (unpaired) electrons. The largest absolute Gasteiger partial charge is 0.494 e. The van der Waals surface area contributed by atoms with Gasteiger partial charge in [-0.25, -0.2) is 0 Å². The highest BCUT2D eigenvalue weighted by molar-refractivity contribution is 5.31.